The molecule has 3 aromatic rings. The van der Waals surface area contributed by atoms with Crippen molar-refractivity contribution in [2.24, 2.45) is 0 Å². The highest BCUT2D eigenvalue weighted by molar-refractivity contribution is 7.92. The van der Waals surface area contributed by atoms with Crippen LogP contribution < -0.4 is 4.31 Å². The largest absolute Gasteiger partial charge is 0.270 e. The molecule has 0 bridgehead atoms. The van der Waals surface area contributed by atoms with Crippen molar-refractivity contribution >= 4 is 21.5 Å². The Kier molecular flexibility index (Phi) is 4.94. The second kappa shape index (κ2) is 7.32. The van der Waals surface area contributed by atoms with E-state index in [9.17, 15) is 18.5 Å². The van der Waals surface area contributed by atoms with E-state index in [0.717, 1.165) is 15.9 Å². The topological polar surface area (TPSA) is 93.4 Å². The number of benzene rings is 2. The predicted molar refractivity (Wildman–Crippen MR) is 97.1 cm³/mol. The second-order valence-electron chi connectivity index (χ2n) is 5.44. The Bertz CT molecular complexity index is 1010. The molecule has 1 aromatic heterocycles. The summed E-state index contributed by atoms with van der Waals surface area (Å²) in [5.74, 6) is 0.239. The number of nitrogens with zero attached hydrogens (tertiary/aromatic N) is 3. The van der Waals surface area contributed by atoms with E-state index in [4.69, 9.17) is 0 Å². The van der Waals surface area contributed by atoms with E-state index in [-0.39, 0.29) is 22.9 Å². The first kappa shape index (κ1) is 17.6. The lowest BCUT2D eigenvalue weighted by Gasteiger charge is -2.23. The Labute approximate surface area is 150 Å². The van der Waals surface area contributed by atoms with E-state index in [0.29, 0.717) is 0 Å². The normalized spacial score (nSPS) is 11.1. The van der Waals surface area contributed by atoms with Crippen molar-refractivity contribution in [3.05, 3.63) is 94.7 Å². The van der Waals surface area contributed by atoms with E-state index >= 15 is 0 Å². The highest BCUT2D eigenvalue weighted by Crippen LogP contribution is 2.26. The van der Waals surface area contributed by atoms with Gasteiger partial charge in [0.1, 0.15) is 5.82 Å². The first-order valence-corrected chi connectivity index (χ1v) is 9.14. The van der Waals surface area contributed by atoms with Crippen molar-refractivity contribution in [1.29, 1.82) is 0 Å². The number of rotatable bonds is 6. The third kappa shape index (κ3) is 3.70. The number of hydrogen-bond donors (Lipinski definition) is 0. The number of nitro benzene ring substituents is 1. The fraction of sp³-hybridized carbons (Fsp3) is 0.0556. The molecule has 1 heterocycles. The molecule has 0 aliphatic rings. The summed E-state index contributed by atoms with van der Waals surface area (Å²) in [6.45, 7) is 0.0584. The fourth-order valence-corrected chi connectivity index (χ4v) is 3.87. The van der Waals surface area contributed by atoms with Gasteiger partial charge in [-0.1, -0.05) is 42.5 Å². The molecule has 0 unspecified atom stereocenters. The van der Waals surface area contributed by atoms with Crippen LogP contribution in [-0.2, 0) is 16.6 Å². The molecule has 0 atom stereocenters. The SMILES string of the molecule is O=[N+]([O-])c1cccc(S(=O)(=O)N(Cc2ccccc2)c2ccccn2)c1. The van der Waals surface area contributed by atoms with Crippen molar-refractivity contribution in [3.8, 4) is 0 Å². The number of hydrogen-bond acceptors (Lipinski definition) is 5. The summed E-state index contributed by atoms with van der Waals surface area (Å²) in [6, 6.07) is 19.0. The molecule has 0 fully saturated rings. The van der Waals surface area contributed by atoms with Gasteiger partial charge in [-0.15, -0.1) is 0 Å². The number of nitro groups is 1. The minimum Gasteiger partial charge on any atom is -0.258 e. The molecule has 0 spiro atoms. The Balaban J connectivity index is 2.08. The lowest BCUT2D eigenvalue weighted by Crippen LogP contribution is -2.31. The standard InChI is InChI=1S/C18H15N3O4S/c22-21(23)16-9-6-10-17(13-16)26(24,25)20(18-11-4-5-12-19-18)14-15-7-2-1-3-8-15/h1-13H,14H2. The number of aromatic nitrogens is 1. The Morgan fingerprint density at radius 2 is 1.69 bits per heavy atom. The molecule has 3 rings (SSSR count). The molecule has 0 saturated heterocycles. The van der Waals surface area contributed by atoms with Crippen LogP contribution in [0.1, 0.15) is 5.56 Å². The Morgan fingerprint density at radius 1 is 0.962 bits per heavy atom. The van der Waals surface area contributed by atoms with Gasteiger partial charge in [-0.3, -0.25) is 10.1 Å². The molecule has 0 radical (unpaired) electrons. The zero-order chi connectivity index (χ0) is 18.6. The van der Waals surface area contributed by atoms with E-state index < -0.39 is 14.9 Å². The molecule has 0 N–H and O–H groups in total. The lowest BCUT2D eigenvalue weighted by molar-refractivity contribution is -0.385. The van der Waals surface area contributed by atoms with Gasteiger partial charge < -0.3 is 0 Å². The summed E-state index contributed by atoms with van der Waals surface area (Å²) < 4.78 is 27.5. The quantitative estimate of drug-likeness (QED) is 0.490. The van der Waals surface area contributed by atoms with E-state index in [2.05, 4.69) is 4.98 Å². The van der Waals surface area contributed by atoms with Crippen LogP contribution in [0.2, 0.25) is 0 Å². The van der Waals surface area contributed by atoms with Crippen LogP contribution in [0.25, 0.3) is 0 Å². The third-order valence-corrected chi connectivity index (χ3v) is 5.44. The van der Waals surface area contributed by atoms with E-state index in [1.807, 2.05) is 18.2 Å². The van der Waals surface area contributed by atoms with Gasteiger partial charge in [0.05, 0.1) is 16.4 Å². The van der Waals surface area contributed by atoms with Gasteiger partial charge in [0, 0.05) is 18.3 Å². The summed E-state index contributed by atoms with van der Waals surface area (Å²) in [6.07, 6.45) is 1.50. The Hall–Kier alpha value is -3.26. The zero-order valence-electron chi connectivity index (χ0n) is 13.6. The van der Waals surface area contributed by atoms with Gasteiger partial charge in [-0.25, -0.2) is 17.7 Å². The predicted octanol–water partition coefficient (Wildman–Crippen LogP) is 3.39. The van der Waals surface area contributed by atoms with Gasteiger partial charge in [-0.2, -0.15) is 0 Å². The third-order valence-electron chi connectivity index (χ3n) is 3.69. The maximum Gasteiger partial charge on any atom is 0.270 e. The first-order chi connectivity index (χ1) is 12.5. The molecule has 0 amide bonds. The monoisotopic (exact) mass is 369 g/mol. The smallest absolute Gasteiger partial charge is 0.258 e. The second-order valence-corrected chi connectivity index (χ2v) is 7.30. The Morgan fingerprint density at radius 3 is 2.35 bits per heavy atom. The summed E-state index contributed by atoms with van der Waals surface area (Å²) in [5.41, 5.74) is 0.485. The number of sulfonamides is 1. The van der Waals surface area contributed by atoms with Crippen molar-refractivity contribution < 1.29 is 13.3 Å². The molecular weight excluding hydrogens is 354 g/mol. The lowest BCUT2D eigenvalue weighted by atomic mass is 10.2. The molecule has 132 valence electrons. The van der Waals surface area contributed by atoms with Gasteiger partial charge in [0.2, 0.25) is 0 Å². The number of non-ortho nitro benzene ring substituents is 1. The maximum absolute atomic E-state index is 13.2. The van der Waals surface area contributed by atoms with Crippen LogP contribution >= 0.6 is 0 Å². The molecule has 7 nitrogen and oxygen atoms in total. The summed E-state index contributed by atoms with van der Waals surface area (Å²) in [4.78, 5) is 14.4. The van der Waals surface area contributed by atoms with Crippen molar-refractivity contribution in [3.63, 3.8) is 0 Å². The van der Waals surface area contributed by atoms with Crippen LogP contribution in [0, 0.1) is 10.1 Å². The van der Waals surface area contributed by atoms with Gasteiger partial charge in [0.15, 0.2) is 0 Å². The van der Waals surface area contributed by atoms with Crippen LogP contribution in [0.5, 0.6) is 0 Å². The van der Waals surface area contributed by atoms with E-state index in [1.165, 1.54) is 24.4 Å². The number of pyridine rings is 1. The fourth-order valence-electron chi connectivity index (χ4n) is 2.42. The molecule has 2 aromatic carbocycles. The van der Waals surface area contributed by atoms with Crippen LogP contribution in [0.3, 0.4) is 0 Å². The van der Waals surface area contributed by atoms with Gasteiger partial charge >= 0.3 is 0 Å². The number of anilines is 1. The highest BCUT2D eigenvalue weighted by atomic mass is 32.2. The summed E-state index contributed by atoms with van der Waals surface area (Å²) in [7, 11) is -4.04. The summed E-state index contributed by atoms with van der Waals surface area (Å²) >= 11 is 0. The minimum atomic E-state index is -4.04. The molecule has 26 heavy (non-hydrogen) atoms. The molecule has 0 saturated carbocycles. The highest BCUT2D eigenvalue weighted by Gasteiger charge is 2.27. The van der Waals surface area contributed by atoms with Crippen molar-refractivity contribution in [2.45, 2.75) is 11.4 Å². The molecule has 8 heteroatoms. The van der Waals surface area contributed by atoms with Crippen molar-refractivity contribution in [1.82, 2.24) is 4.98 Å². The van der Waals surface area contributed by atoms with Crippen LogP contribution in [0.4, 0.5) is 11.5 Å². The van der Waals surface area contributed by atoms with Crippen LogP contribution in [0.15, 0.2) is 83.9 Å². The van der Waals surface area contributed by atoms with E-state index in [1.54, 1.807) is 30.3 Å². The molecule has 0 aliphatic heterocycles. The van der Waals surface area contributed by atoms with Gasteiger partial charge in [-0.05, 0) is 23.8 Å². The van der Waals surface area contributed by atoms with Gasteiger partial charge in [0.25, 0.3) is 15.7 Å². The molecular formula is C18H15N3O4S. The van der Waals surface area contributed by atoms with Crippen LogP contribution in [-0.4, -0.2) is 18.3 Å². The molecule has 0 aliphatic carbocycles. The zero-order valence-corrected chi connectivity index (χ0v) is 14.4. The van der Waals surface area contributed by atoms with Crippen molar-refractivity contribution in [2.75, 3.05) is 4.31 Å². The average Bonchev–Trinajstić information content (AvgIpc) is 2.67. The average molecular weight is 369 g/mol. The summed E-state index contributed by atoms with van der Waals surface area (Å²) in [5, 5.41) is 11.0. The minimum absolute atomic E-state index is 0.0584. The first-order valence-electron chi connectivity index (χ1n) is 7.70. The maximum atomic E-state index is 13.2.